The number of hydrogen-bond donors (Lipinski definition) is 0. The average molecular weight is 407 g/mol. The molecule has 3 aromatic carbocycles. The molecule has 0 saturated heterocycles. The quantitative estimate of drug-likeness (QED) is 0.509. The predicted molar refractivity (Wildman–Crippen MR) is 119 cm³/mol. The van der Waals surface area contributed by atoms with E-state index < -0.39 is 14.6 Å². The van der Waals surface area contributed by atoms with Crippen LogP contribution in [0.1, 0.15) is 42.3 Å². The molecule has 150 valence electrons. The minimum Gasteiger partial charge on any atom is -0.294 e. The zero-order chi connectivity index (χ0) is 21.1. The molecule has 4 heteroatoms. The first-order valence-electron chi connectivity index (χ1n) is 9.64. The smallest absolute Gasteiger partial charge is 0.167 e. The summed E-state index contributed by atoms with van der Waals surface area (Å²) in [5.41, 5.74) is 4.50. The number of ketones is 1. The lowest BCUT2D eigenvalue weighted by Gasteiger charge is -2.19. The van der Waals surface area contributed by atoms with E-state index >= 15 is 0 Å². The first-order chi connectivity index (χ1) is 13.7. The first kappa shape index (κ1) is 21.0. The van der Waals surface area contributed by atoms with Crippen LogP contribution in [0.25, 0.3) is 11.1 Å². The molecule has 0 amide bonds. The second kappa shape index (κ2) is 8.34. The van der Waals surface area contributed by atoms with Gasteiger partial charge in [0.2, 0.25) is 0 Å². The molecule has 0 radical (unpaired) electrons. The fourth-order valence-electron chi connectivity index (χ4n) is 2.96. The highest BCUT2D eigenvalue weighted by molar-refractivity contribution is 7.91. The predicted octanol–water partition coefficient (Wildman–Crippen LogP) is 5.49. The van der Waals surface area contributed by atoms with Crippen molar-refractivity contribution in [2.24, 2.45) is 0 Å². The zero-order valence-electron chi connectivity index (χ0n) is 17.1. The summed E-state index contributed by atoms with van der Waals surface area (Å²) in [7, 11) is -3.24. The third-order valence-electron chi connectivity index (χ3n) is 4.99. The summed E-state index contributed by atoms with van der Waals surface area (Å²) in [6.45, 7) is 5.09. The summed E-state index contributed by atoms with van der Waals surface area (Å²) in [5.74, 6) is -0.00553. The summed E-state index contributed by atoms with van der Waals surface area (Å²) in [5, 5.41) is 0. The monoisotopic (exact) mass is 406 g/mol. The van der Waals surface area contributed by atoms with E-state index in [1.54, 1.807) is 45.0 Å². The van der Waals surface area contributed by atoms with Crippen molar-refractivity contribution in [1.29, 1.82) is 0 Å². The number of sulfone groups is 1. The van der Waals surface area contributed by atoms with Gasteiger partial charge in [-0.1, -0.05) is 78.9 Å². The number of carbonyl (C=O) groups is 1. The maximum atomic E-state index is 12.6. The number of carbonyl (C=O) groups excluding carboxylic acids is 1. The molecule has 0 fully saturated rings. The molecule has 29 heavy (non-hydrogen) atoms. The summed E-state index contributed by atoms with van der Waals surface area (Å²) < 4.78 is 23.9. The molecule has 0 N–H and O–H groups in total. The minimum absolute atomic E-state index is 0.0164. The Balaban J connectivity index is 1.67. The molecule has 3 aromatic rings. The Kier molecular flexibility index (Phi) is 6.04. The van der Waals surface area contributed by atoms with Crippen LogP contribution >= 0.6 is 0 Å². The van der Waals surface area contributed by atoms with Gasteiger partial charge in [0.05, 0.1) is 10.5 Å². The number of benzene rings is 3. The Hall–Kier alpha value is -2.72. The van der Waals surface area contributed by atoms with Crippen LogP contribution in [-0.2, 0) is 22.0 Å². The van der Waals surface area contributed by atoms with Crippen LogP contribution in [0.15, 0.2) is 78.9 Å². The Morgan fingerprint density at radius 1 is 0.724 bits per heavy atom. The number of rotatable bonds is 6. The second-order valence-corrected chi connectivity index (χ2v) is 11.0. The first-order valence-corrected chi connectivity index (χ1v) is 11.3. The lowest BCUT2D eigenvalue weighted by Crippen LogP contribution is -2.29. The van der Waals surface area contributed by atoms with E-state index in [4.69, 9.17) is 0 Å². The maximum Gasteiger partial charge on any atom is 0.167 e. The van der Waals surface area contributed by atoms with E-state index in [1.807, 2.05) is 42.5 Å². The van der Waals surface area contributed by atoms with Gasteiger partial charge in [0.1, 0.15) is 0 Å². The van der Waals surface area contributed by atoms with Gasteiger partial charge in [0.25, 0.3) is 0 Å². The maximum absolute atomic E-state index is 12.6. The molecule has 0 aliphatic rings. The molecule has 0 aliphatic heterocycles. The molecule has 0 saturated carbocycles. The van der Waals surface area contributed by atoms with Crippen molar-refractivity contribution in [3.8, 4) is 11.1 Å². The highest BCUT2D eigenvalue weighted by Gasteiger charge is 2.28. The lowest BCUT2D eigenvalue weighted by atomic mass is 9.99. The summed E-state index contributed by atoms with van der Waals surface area (Å²) in [6, 6.07) is 25.0. The summed E-state index contributed by atoms with van der Waals surface area (Å²) in [4.78, 5) is 12.6. The molecule has 3 rings (SSSR count). The fraction of sp³-hybridized carbons (Fsp3) is 0.240. The molecule has 0 atom stereocenters. The molecule has 0 aromatic heterocycles. The molecular weight excluding hydrogens is 380 g/mol. The SMILES string of the molecule is CC(C)(C)S(=O)(=O)Cc1ccc(C(=O)Cc2ccc(-c3ccccc3)cc2)cc1. The van der Waals surface area contributed by atoms with Gasteiger partial charge < -0.3 is 0 Å². The van der Waals surface area contributed by atoms with E-state index in [9.17, 15) is 13.2 Å². The van der Waals surface area contributed by atoms with Crippen LogP contribution in [-0.4, -0.2) is 18.9 Å². The van der Waals surface area contributed by atoms with E-state index in [0.29, 0.717) is 17.5 Å². The van der Waals surface area contributed by atoms with Crippen LogP contribution in [0.5, 0.6) is 0 Å². The van der Waals surface area contributed by atoms with Crippen molar-refractivity contribution in [1.82, 2.24) is 0 Å². The van der Waals surface area contributed by atoms with Gasteiger partial charge in [-0.05, 0) is 43.0 Å². The minimum atomic E-state index is -3.24. The third kappa shape index (κ3) is 5.21. The summed E-state index contributed by atoms with van der Waals surface area (Å²) in [6.07, 6.45) is 0.314. The van der Waals surface area contributed by atoms with Crippen molar-refractivity contribution in [2.75, 3.05) is 0 Å². The fourth-order valence-corrected chi connectivity index (χ4v) is 4.02. The average Bonchev–Trinajstić information content (AvgIpc) is 2.68. The van der Waals surface area contributed by atoms with Gasteiger partial charge in [0, 0.05) is 12.0 Å². The van der Waals surface area contributed by atoms with Gasteiger partial charge in [-0.15, -0.1) is 0 Å². The molecule has 3 nitrogen and oxygen atoms in total. The topological polar surface area (TPSA) is 51.2 Å². The molecule has 0 spiro atoms. The number of Topliss-reactive ketones (excluding diaryl/α,β-unsaturated/α-hetero) is 1. The van der Waals surface area contributed by atoms with Crippen molar-refractivity contribution in [3.05, 3.63) is 95.6 Å². The molecule has 0 bridgehead atoms. The largest absolute Gasteiger partial charge is 0.294 e. The Morgan fingerprint density at radius 2 is 1.24 bits per heavy atom. The standard InChI is InChI=1S/C25H26O3S/c1-25(2,3)29(27,28)18-20-11-15-23(16-12-20)24(26)17-19-9-13-22(14-10-19)21-7-5-4-6-8-21/h4-16H,17-18H2,1-3H3. The molecular formula is C25H26O3S. The lowest BCUT2D eigenvalue weighted by molar-refractivity contribution is 0.0993. The van der Waals surface area contributed by atoms with Gasteiger partial charge in [-0.25, -0.2) is 8.42 Å². The normalized spacial score (nSPS) is 12.0. The van der Waals surface area contributed by atoms with E-state index in [1.165, 1.54) is 0 Å². The second-order valence-electron chi connectivity index (χ2n) is 8.23. The van der Waals surface area contributed by atoms with Crippen LogP contribution in [0, 0.1) is 0 Å². The Bertz CT molecular complexity index is 1070. The van der Waals surface area contributed by atoms with Gasteiger partial charge in [0.15, 0.2) is 15.6 Å². The van der Waals surface area contributed by atoms with Crippen LogP contribution in [0.2, 0.25) is 0 Å². The van der Waals surface area contributed by atoms with Crippen molar-refractivity contribution in [3.63, 3.8) is 0 Å². The van der Waals surface area contributed by atoms with E-state index in [0.717, 1.165) is 16.7 Å². The highest BCUT2D eigenvalue weighted by atomic mass is 32.2. The van der Waals surface area contributed by atoms with Crippen molar-refractivity contribution >= 4 is 15.6 Å². The van der Waals surface area contributed by atoms with Crippen LogP contribution < -0.4 is 0 Å². The van der Waals surface area contributed by atoms with E-state index in [-0.39, 0.29) is 11.5 Å². The van der Waals surface area contributed by atoms with Gasteiger partial charge >= 0.3 is 0 Å². The van der Waals surface area contributed by atoms with E-state index in [2.05, 4.69) is 12.1 Å². The van der Waals surface area contributed by atoms with Gasteiger partial charge in [-0.2, -0.15) is 0 Å². The zero-order valence-corrected chi connectivity index (χ0v) is 17.9. The summed E-state index contributed by atoms with van der Waals surface area (Å²) >= 11 is 0. The molecule has 0 aliphatic carbocycles. The van der Waals surface area contributed by atoms with Crippen molar-refractivity contribution < 1.29 is 13.2 Å². The Morgan fingerprint density at radius 3 is 1.79 bits per heavy atom. The molecule has 0 unspecified atom stereocenters. The Labute approximate surface area is 173 Å². The molecule has 0 heterocycles. The number of hydrogen-bond acceptors (Lipinski definition) is 3. The van der Waals surface area contributed by atoms with Crippen LogP contribution in [0.3, 0.4) is 0 Å². The van der Waals surface area contributed by atoms with Gasteiger partial charge in [-0.3, -0.25) is 4.79 Å². The van der Waals surface area contributed by atoms with Crippen LogP contribution in [0.4, 0.5) is 0 Å². The van der Waals surface area contributed by atoms with Crippen molar-refractivity contribution in [2.45, 2.75) is 37.7 Å². The third-order valence-corrected chi connectivity index (χ3v) is 7.57. The highest BCUT2D eigenvalue weighted by Crippen LogP contribution is 2.22.